The van der Waals surface area contributed by atoms with E-state index < -0.39 is 10.0 Å². The normalized spacial score (nSPS) is 15.2. The summed E-state index contributed by atoms with van der Waals surface area (Å²) < 4.78 is 28.0. The quantitative estimate of drug-likeness (QED) is 0.892. The van der Waals surface area contributed by atoms with Crippen molar-refractivity contribution in [2.45, 2.75) is 19.4 Å². The number of nitrogens with two attached hydrogens (primary N) is 1. The third-order valence-corrected chi connectivity index (χ3v) is 4.82. The van der Waals surface area contributed by atoms with Gasteiger partial charge in [-0.15, -0.1) is 0 Å². The van der Waals surface area contributed by atoms with Crippen LogP contribution in [-0.4, -0.2) is 18.7 Å². The summed E-state index contributed by atoms with van der Waals surface area (Å²) in [5.74, 6) is 0.363. The standard InChI is InChI=1S/C16H16N2O4S/c17-23(20,21)13-8-6-11(7-9-13)15-14(10-19)22-18-16(15)12-4-2-1-3-5-12/h1-6,8,19H,7,9-10H2,(H2,17,20,21). The molecule has 3 N–H and O–H groups in total. The summed E-state index contributed by atoms with van der Waals surface area (Å²) in [6.45, 7) is -0.279. The molecule has 0 fully saturated rings. The van der Waals surface area contributed by atoms with E-state index in [0.29, 0.717) is 29.9 Å². The average Bonchev–Trinajstić information content (AvgIpc) is 2.99. The Morgan fingerprint density at radius 1 is 1.17 bits per heavy atom. The summed E-state index contributed by atoms with van der Waals surface area (Å²) in [7, 11) is -3.67. The van der Waals surface area contributed by atoms with Crippen LogP contribution < -0.4 is 5.14 Å². The summed E-state index contributed by atoms with van der Waals surface area (Å²) in [5, 5.41) is 18.7. The molecular formula is C16H16N2O4S. The van der Waals surface area contributed by atoms with E-state index >= 15 is 0 Å². The van der Waals surface area contributed by atoms with Gasteiger partial charge in [-0.1, -0.05) is 41.6 Å². The van der Waals surface area contributed by atoms with E-state index in [-0.39, 0.29) is 11.5 Å². The van der Waals surface area contributed by atoms with Crippen molar-refractivity contribution in [3.05, 3.63) is 58.7 Å². The number of benzene rings is 1. The zero-order chi connectivity index (χ0) is 16.4. The molecule has 0 unspecified atom stereocenters. The van der Waals surface area contributed by atoms with Crippen LogP contribution in [0.2, 0.25) is 0 Å². The molecule has 6 nitrogen and oxygen atoms in total. The van der Waals surface area contributed by atoms with E-state index in [1.165, 1.54) is 6.08 Å². The number of aliphatic hydroxyl groups is 1. The Kier molecular flexibility index (Phi) is 4.16. The first-order valence-corrected chi connectivity index (χ1v) is 8.63. The number of hydrogen-bond acceptors (Lipinski definition) is 5. The number of hydrogen-bond donors (Lipinski definition) is 2. The summed E-state index contributed by atoms with van der Waals surface area (Å²) in [6.07, 6.45) is 3.99. The number of nitrogens with zero attached hydrogens (tertiary/aromatic N) is 1. The maximum atomic E-state index is 11.4. The van der Waals surface area contributed by atoms with E-state index in [1.807, 2.05) is 30.3 Å². The molecule has 1 aromatic carbocycles. The van der Waals surface area contributed by atoms with Gasteiger partial charge in [0.05, 0.1) is 10.5 Å². The molecule has 0 saturated heterocycles. The van der Waals surface area contributed by atoms with Crippen LogP contribution in [0.1, 0.15) is 24.2 Å². The summed E-state index contributed by atoms with van der Waals surface area (Å²) in [4.78, 5) is 0.199. The molecule has 1 heterocycles. The molecule has 7 heteroatoms. The van der Waals surface area contributed by atoms with Crippen molar-refractivity contribution in [3.8, 4) is 11.3 Å². The summed E-state index contributed by atoms with van der Waals surface area (Å²) in [6, 6.07) is 9.48. The highest BCUT2D eigenvalue weighted by Crippen LogP contribution is 2.36. The average molecular weight is 332 g/mol. The summed E-state index contributed by atoms with van der Waals surface area (Å²) in [5.41, 5.74) is 3.08. The first kappa shape index (κ1) is 15.7. The van der Waals surface area contributed by atoms with Gasteiger partial charge in [0.1, 0.15) is 12.3 Å². The highest BCUT2D eigenvalue weighted by atomic mass is 32.2. The number of aromatic nitrogens is 1. The van der Waals surface area contributed by atoms with Gasteiger partial charge in [0.15, 0.2) is 5.76 Å². The fraction of sp³-hybridized carbons (Fsp3) is 0.188. The Morgan fingerprint density at radius 3 is 2.48 bits per heavy atom. The highest BCUT2D eigenvalue weighted by molar-refractivity contribution is 7.93. The number of allylic oxidation sites excluding steroid dienone is 4. The highest BCUT2D eigenvalue weighted by Gasteiger charge is 2.23. The zero-order valence-electron chi connectivity index (χ0n) is 12.3. The third-order valence-electron chi connectivity index (χ3n) is 3.75. The van der Waals surface area contributed by atoms with Crippen molar-refractivity contribution < 1.29 is 18.0 Å². The number of aliphatic hydroxyl groups excluding tert-OH is 1. The largest absolute Gasteiger partial charge is 0.388 e. The minimum absolute atomic E-state index is 0.199. The number of primary sulfonamides is 1. The molecule has 3 rings (SSSR count). The molecule has 1 aromatic heterocycles. The van der Waals surface area contributed by atoms with Crippen molar-refractivity contribution in [1.82, 2.24) is 5.16 Å². The summed E-state index contributed by atoms with van der Waals surface area (Å²) >= 11 is 0. The van der Waals surface area contributed by atoms with Crippen LogP contribution in [0.5, 0.6) is 0 Å². The number of rotatable bonds is 4. The third kappa shape index (κ3) is 3.12. The second-order valence-electron chi connectivity index (χ2n) is 5.22. The van der Waals surface area contributed by atoms with E-state index in [0.717, 1.165) is 11.1 Å². The number of sulfonamides is 1. The monoisotopic (exact) mass is 332 g/mol. The van der Waals surface area contributed by atoms with Crippen LogP contribution in [0.3, 0.4) is 0 Å². The topological polar surface area (TPSA) is 106 Å². The maximum absolute atomic E-state index is 11.4. The Labute approximate surface area is 134 Å². The van der Waals surface area contributed by atoms with E-state index in [9.17, 15) is 13.5 Å². The Bertz CT molecular complexity index is 880. The van der Waals surface area contributed by atoms with Crippen LogP contribution in [0.15, 0.2) is 51.9 Å². The van der Waals surface area contributed by atoms with Crippen molar-refractivity contribution in [2.75, 3.05) is 0 Å². The smallest absolute Gasteiger partial charge is 0.234 e. The molecule has 120 valence electrons. The molecule has 23 heavy (non-hydrogen) atoms. The lowest BCUT2D eigenvalue weighted by molar-refractivity contribution is 0.229. The van der Waals surface area contributed by atoms with Gasteiger partial charge in [0, 0.05) is 5.56 Å². The Balaban J connectivity index is 2.09. The second kappa shape index (κ2) is 6.11. The van der Waals surface area contributed by atoms with E-state index in [4.69, 9.17) is 9.66 Å². The van der Waals surface area contributed by atoms with Gasteiger partial charge in [-0.2, -0.15) is 0 Å². The molecule has 0 saturated carbocycles. The minimum Gasteiger partial charge on any atom is -0.388 e. The predicted molar refractivity (Wildman–Crippen MR) is 86.3 cm³/mol. The molecule has 0 radical (unpaired) electrons. The fourth-order valence-corrected chi connectivity index (χ4v) is 3.26. The minimum atomic E-state index is -3.67. The maximum Gasteiger partial charge on any atom is 0.234 e. The lowest BCUT2D eigenvalue weighted by atomic mass is 9.93. The zero-order valence-corrected chi connectivity index (χ0v) is 13.1. The molecule has 1 aliphatic rings. The van der Waals surface area contributed by atoms with Gasteiger partial charge >= 0.3 is 0 Å². The second-order valence-corrected chi connectivity index (χ2v) is 6.84. The van der Waals surface area contributed by atoms with Crippen LogP contribution in [0.25, 0.3) is 16.8 Å². The van der Waals surface area contributed by atoms with Crippen molar-refractivity contribution >= 4 is 15.6 Å². The lowest BCUT2D eigenvalue weighted by Crippen LogP contribution is -2.16. The van der Waals surface area contributed by atoms with Crippen LogP contribution in [0.4, 0.5) is 0 Å². The van der Waals surface area contributed by atoms with Gasteiger partial charge in [-0.25, -0.2) is 13.6 Å². The molecule has 1 aliphatic carbocycles. The Hall–Kier alpha value is -2.22. The molecule has 0 atom stereocenters. The van der Waals surface area contributed by atoms with Crippen LogP contribution >= 0.6 is 0 Å². The lowest BCUT2D eigenvalue weighted by Gasteiger charge is -2.14. The molecule has 0 bridgehead atoms. The van der Waals surface area contributed by atoms with Gasteiger partial charge in [-0.3, -0.25) is 0 Å². The Morgan fingerprint density at radius 2 is 1.91 bits per heavy atom. The molecule has 2 aromatic rings. The van der Waals surface area contributed by atoms with E-state index in [2.05, 4.69) is 5.16 Å². The molecule has 0 amide bonds. The van der Waals surface area contributed by atoms with Gasteiger partial charge < -0.3 is 9.63 Å². The first-order chi connectivity index (χ1) is 11.0. The van der Waals surface area contributed by atoms with Crippen molar-refractivity contribution in [2.24, 2.45) is 5.14 Å². The van der Waals surface area contributed by atoms with E-state index in [1.54, 1.807) is 6.08 Å². The van der Waals surface area contributed by atoms with Crippen LogP contribution in [0, 0.1) is 0 Å². The fourth-order valence-electron chi connectivity index (χ4n) is 2.62. The van der Waals surface area contributed by atoms with Gasteiger partial charge in [0.25, 0.3) is 0 Å². The molecule has 0 aliphatic heterocycles. The van der Waals surface area contributed by atoms with Crippen molar-refractivity contribution in [1.29, 1.82) is 0 Å². The molecule has 0 spiro atoms. The first-order valence-electron chi connectivity index (χ1n) is 7.08. The van der Waals surface area contributed by atoms with Gasteiger partial charge in [0.2, 0.25) is 10.0 Å². The van der Waals surface area contributed by atoms with Gasteiger partial charge in [-0.05, 0) is 24.5 Å². The predicted octanol–water partition coefficient (Wildman–Crippen LogP) is 2.18. The van der Waals surface area contributed by atoms with Crippen LogP contribution in [-0.2, 0) is 16.6 Å². The van der Waals surface area contributed by atoms with Crippen molar-refractivity contribution in [3.63, 3.8) is 0 Å². The SMILES string of the molecule is NS(=O)(=O)C1=CC=C(c2c(-c3ccccc3)noc2CO)CC1. The molecular weight excluding hydrogens is 316 g/mol.